The van der Waals surface area contributed by atoms with Gasteiger partial charge in [-0.2, -0.15) is 0 Å². The topological polar surface area (TPSA) is 82.7 Å². The van der Waals surface area contributed by atoms with E-state index >= 15 is 0 Å². The minimum Gasteiger partial charge on any atom is -0.452 e. The van der Waals surface area contributed by atoms with Crippen LogP contribution in [0.3, 0.4) is 0 Å². The van der Waals surface area contributed by atoms with Gasteiger partial charge in [0.25, 0.3) is 5.91 Å². The molecule has 90 valence electrons. The Kier molecular flexibility index (Phi) is 4.35. The van der Waals surface area contributed by atoms with Crippen LogP contribution in [-0.2, 0) is 0 Å². The molecule has 0 aliphatic rings. The molecule has 16 heavy (non-hydrogen) atoms. The zero-order valence-electron chi connectivity index (χ0n) is 8.86. The smallest absolute Gasteiger partial charge is 0.256 e. The summed E-state index contributed by atoms with van der Waals surface area (Å²) in [6, 6.07) is 1.42. The first-order chi connectivity index (χ1) is 7.58. The van der Waals surface area contributed by atoms with E-state index in [4.69, 9.17) is 26.2 Å². The van der Waals surface area contributed by atoms with Crippen molar-refractivity contribution in [3.8, 4) is 0 Å². The fourth-order valence-corrected chi connectivity index (χ4v) is 1.41. The molecule has 0 aliphatic heterocycles. The fraction of sp³-hybridized carbons (Fsp3) is 0.500. The number of aliphatic hydroxyl groups is 2. The lowest BCUT2D eigenvalue weighted by molar-refractivity contribution is 0.0652. The largest absolute Gasteiger partial charge is 0.452 e. The molecule has 0 spiro atoms. The molecule has 0 aromatic carbocycles. The summed E-state index contributed by atoms with van der Waals surface area (Å²) in [5.74, 6) is -0.483. The van der Waals surface area contributed by atoms with E-state index in [1.165, 1.54) is 12.3 Å². The van der Waals surface area contributed by atoms with Gasteiger partial charge in [0.1, 0.15) is 0 Å². The highest BCUT2D eigenvalue weighted by molar-refractivity contribution is 6.32. The van der Waals surface area contributed by atoms with Crippen molar-refractivity contribution in [3.05, 3.63) is 23.1 Å². The quantitative estimate of drug-likeness (QED) is 0.719. The van der Waals surface area contributed by atoms with E-state index in [2.05, 4.69) is 5.32 Å². The van der Waals surface area contributed by atoms with Crippen molar-refractivity contribution < 1.29 is 19.4 Å². The van der Waals surface area contributed by atoms with Crippen molar-refractivity contribution in [1.82, 2.24) is 5.32 Å². The van der Waals surface area contributed by atoms with Crippen LogP contribution in [0.4, 0.5) is 0 Å². The first kappa shape index (κ1) is 13.0. The summed E-state index contributed by atoms with van der Waals surface area (Å²) < 4.78 is 4.78. The second-order valence-electron chi connectivity index (χ2n) is 3.51. The van der Waals surface area contributed by atoms with Crippen LogP contribution in [0.1, 0.15) is 23.7 Å². The molecule has 1 aromatic rings. The average Bonchev–Trinajstić information content (AvgIpc) is 2.72. The minimum absolute atomic E-state index is 0.0154. The van der Waals surface area contributed by atoms with Crippen LogP contribution in [0.5, 0.6) is 0 Å². The van der Waals surface area contributed by atoms with Gasteiger partial charge in [-0.1, -0.05) is 6.92 Å². The Hall–Kier alpha value is -1.04. The number of rotatable bonds is 5. The van der Waals surface area contributed by atoms with E-state index in [1.54, 1.807) is 6.92 Å². The molecule has 0 radical (unpaired) electrons. The zero-order valence-corrected chi connectivity index (χ0v) is 9.62. The second-order valence-corrected chi connectivity index (χ2v) is 3.86. The molecule has 6 heteroatoms. The van der Waals surface area contributed by atoms with E-state index in [0.29, 0.717) is 6.42 Å². The summed E-state index contributed by atoms with van der Waals surface area (Å²) in [6.07, 6.45) is 1.70. The number of furan rings is 1. The Labute approximate surface area is 98.0 Å². The van der Waals surface area contributed by atoms with Crippen LogP contribution in [-0.4, -0.2) is 34.9 Å². The molecule has 1 aromatic heterocycles. The van der Waals surface area contributed by atoms with E-state index in [1.807, 2.05) is 0 Å². The van der Waals surface area contributed by atoms with Crippen LogP contribution < -0.4 is 5.32 Å². The van der Waals surface area contributed by atoms with Gasteiger partial charge in [0, 0.05) is 0 Å². The van der Waals surface area contributed by atoms with Crippen molar-refractivity contribution in [2.45, 2.75) is 18.9 Å². The molecule has 0 unspecified atom stereocenters. The number of hydrogen-bond acceptors (Lipinski definition) is 4. The summed E-state index contributed by atoms with van der Waals surface area (Å²) in [5, 5.41) is 20.8. The third-order valence-corrected chi connectivity index (χ3v) is 2.82. The van der Waals surface area contributed by atoms with Gasteiger partial charge in [-0.15, -0.1) is 0 Å². The standard InChI is InChI=1S/C10H14ClNO4/c1-2-10(5-13,6-14)12-9(15)7-3-4-16-8(7)11/h3-4,13-14H,2,5-6H2,1H3,(H,12,15). The number of aliphatic hydroxyl groups excluding tert-OH is 2. The predicted octanol–water partition coefficient (Wildman–Crippen LogP) is 0.796. The Morgan fingerprint density at radius 1 is 1.56 bits per heavy atom. The van der Waals surface area contributed by atoms with Gasteiger partial charge in [0.15, 0.2) is 0 Å². The molecular formula is C10H14ClNO4. The van der Waals surface area contributed by atoms with Crippen molar-refractivity contribution in [1.29, 1.82) is 0 Å². The highest BCUT2D eigenvalue weighted by atomic mass is 35.5. The summed E-state index contributed by atoms with van der Waals surface area (Å²) in [7, 11) is 0. The SMILES string of the molecule is CCC(CO)(CO)NC(=O)c1ccoc1Cl. The third kappa shape index (κ3) is 2.55. The number of nitrogens with one attached hydrogen (secondary N) is 1. The number of carbonyl (C=O) groups is 1. The Balaban J connectivity index is 2.81. The lowest BCUT2D eigenvalue weighted by Crippen LogP contribution is -2.53. The maximum absolute atomic E-state index is 11.7. The van der Waals surface area contributed by atoms with Gasteiger partial charge in [0.05, 0.1) is 30.6 Å². The molecule has 1 rings (SSSR count). The molecule has 0 saturated carbocycles. The number of amides is 1. The van der Waals surface area contributed by atoms with Crippen molar-refractivity contribution in [3.63, 3.8) is 0 Å². The van der Waals surface area contributed by atoms with Crippen LogP contribution in [0.15, 0.2) is 16.7 Å². The summed E-state index contributed by atoms with van der Waals surface area (Å²) in [4.78, 5) is 11.7. The highest BCUT2D eigenvalue weighted by Crippen LogP contribution is 2.18. The maximum Gasteiger partial charge on any atom is 0.256 e. The van der Waals surface area contributed by atoms with Gasteiger partial charge < -0.3 is 19.9 Å². The van der Waals surface area contributed by atoms with Crippen LogP contribution in [0.2, 0.25) is 5.22 Å². The van der Waals surface area contributed by atoms with E-state index in [-0.39, 0.29) is 24.0 Å². The van der Waals surface area contributed by atoms with Gasteiger partial charge in [-0.25, -0.2) is 0 Å². The third-order valence-electron chi connectivity index (χ3n) is 2.52. The monoisotopic (exact) mass is 247 g/mol. The molecular weight excluding hydrogens is 234 g/mol. The first-order valence-corrected chi connectivity index (χ1v) is 5.23. The zero-order chi connectivity index (χ0) is 12.2. The summed E-state index contributed by atoms with van der Waals surface area (Å²) >= 11 is 5.64. The van der Waals surface area contributed by atoms with Crippen molar-refractivity contribution >= 4 is 17.5 Å². The van der Waals surface area contributed by atoms with E-state index < -0.39 is 11.4 Å². The summed E-state index contributed by atoms with van der Waals surface area (Å²) in [5.41, 5.74) is -0.848. The molecule has 3 N–H and O–H groups in total. The maximum atomic E-state index is 11.7. The fourth-order valence-electron chi connectivity index (χ4n) is 1.20. The second kappa shape index (κ2) is 5.34. The molecule has 5 nitrogen and oxygen atoms in total. The lowest BCUT2D eigenvalue weighted by Gasteiger charge is -2.29. The number of hydrogen-bond donors (Lipinski definition) is 3. The Bertz CT molecular complexity index is 351. The van der Waals surface area contributed by atoms with E-state index in [9.17, 15) is 4.79 Å². The normalized spacial score (nSPS) is 11.5. The molecule has 0 fully saturated rings. The predicted molar refractivity (Wildman–Crippen MR) is 58.4 cm³/mol. The van der Waals surface area contributed by atoms with Gasteiger partial charge in [0.2, 0.25) is 5.22 Å². The molecule has 1 amide bonds. The molecule has 1 heterocycles. The van der Waals surface area contributed by atoms with Gasteiger partial charge in [-0.3, -0.25) is 4.79 Å². The number of carbonyl (C=O) groups excluding carboxylic acids is 1. The van der Waals surface area contributed by atoms with Crippen molar-refractivity contribution in [2.75, 3.05) is 13.2 Å². The lowest BCUT2D eigenvalue weighted by atomic mass is 9.98. The minimum atomic E-state index is -1.03. The van der Waals surface area contributed by atoms with Gasteiger partial charge in [-0.05, 0) is 24.1 Å². The molecule has 0 atom stereocenters. The average molecular weight is 248 g/mol. The molecule has 0 aliphatic carbocycles. The van der Waals surface area contributed by atoms with E-state index in [0.717, 1.165) is 0 Å². The van der Waals surface area contributed by atoms with Crippen LogP contribution in [0.25, 0.3) is 0 Å². The van der Waals surface area contributed by atoms with Crippen molar-refractivity contribution in [2.24, 2.45) is 0 Å². The summed E-state index contributed by atoms with van der Waals surface area (Å²) in [6.45, 7) is 1.06. The Morgan fingerprint density at radius 2 is 2.19 bits per heavy atom. The van der Waals surface area contributed by atoms with Gasteiger partial charge >= 0.3 is 0 Å². The first-order valence-electron chi connectivity index (χ1n) is 4.86. The highest BCUT2D eigenvalue weighted by Gasteiger charge is 2.30. The number of halogens is 1. The van der Waals surface area contributed by atoms with Crippen LogP contribution in [0, 0.1) is 0 Å². The molecule has 0 bridgehead atoms. The Morgan fingerprint density at radius 3 is 2.56 bits per heavy atom. The molecule has 0 saturated heterocycles. The van der Waals surface area contributed by atoms with Crippen LogP contribution >= 0.6 is 11.6 Å².